The molecule has 0 atom stereocenters. The highest BCUT2D eigenvalue weighted by atomic mass is 19.4. The topological polar surface area (TPSA) is 38.9 Å². The smallest absolute Gasteiger partial charge is 0.398 e. The Morgan fingerprint density at radius 1 is 1.06 bits per heavy atom. The maximum atomic E-state index is 12.6. The number of alkyl halides is 3. The third kappa shape index (κ3) is 2.38. The summed E-state index contributed by atoms with van der Waals surface area (Å²) >= 11 is 0. The second-order valence-corrected chi connectivity index (χ2v) is 3.51. The predicted octanol–water partition coefficient (Wildman–Crippen LogP) is 3.35. The van der Waals surface area contributed by atoms with Gasteiger partial charge >= 0.3 is 6.18 Å². The van der Waals surface area contributed by atoms with Crippen molar-refractivity contribution in [1.29, 1.82) is 0 Å². The Morgan fingerprint density at radius 3 is 2.41 bits per heavy atom. The lowest BCUT2D eigenvalue weighted by Gasteiger charge is -2.10. The molecule has 88 valence electrons. The molecule has 0 spiro atoms. The van der Waals surface area contributed by atoms with Crippen molar-refractivity contribution < 1.29 is 13.2 Å². The SMILES string of the molecule is Nc1ccc(C(F)(F)F)cc1-c1ccccn1. The van der Waals surface area contributed by atoms with Crippen LogP contribution < -0.4 is 5.73 Å². The van der Waals surface area contributed by atoms with Crippen LogP contribution in [0, 0.1) is 0 Å². The highest BCUT2D eigenvalue weighted by molar-refractivity contribution is 5.74. The molecule has 0 aliphatic heterocycles. The number of hydrogen-bond donors (Lipinski definition) is 1. The van der Waals surface area contributed by atoms with Gasteiger partial charge in [-0.3, -0.25) is 4.98 Å². The summed E-state index contributed by atoms with van der Waals surface area (Å²) < 4.78 is 37.7. The first-order valence-electron chi connectivity index (χ1n) is 4.86. The molecule has 0 aliphatic carbocycles. The largest absolute Gasteiger partial charge is 0.416 e. The molecule has 2 rings (SSSR count). The Balaban J connectivity index is 2.55. The van der Waals surface area contributed by atoms with Crippen molar-refractivity contribution >= 4 is 5.69 Å². The summed E-state index contributed by atoms with van der Waals surface area (Å²) in [5.74, 6) is 0. The Labute approximate surface area is 95.9 Å². The number of hydrogen-bond acceptors (Lipinski definition) is 2. The number of aromatic nitrogens is 1. The van der Waals surface area contributed by atoms with Crippen LogP contribution in [-0.4, -0.2) is 4.98 Å². The zero-order valence-electron chi connectivity index (χ0n) is 8.70. The normalized spacial score (nSPS) is 11.5. The maximum absolute atomic E-state index is 12.6. The second-order valence-electron chi connectivity index (χ2n) is 3.51. The number of halogens is 3. The third-order valence-electron chi connectivity index (χ3n) is 2.32. The number of anilines is 1. The van der Waals surface area contributed by atoms with Gasteiger partial charge in [-0.15, -0.1) is 0 Å². The van der Waals surface area contributed by atoms with Crippen molar-refractivity contribution in [3.05, 3.63) is 48.2 Å². The van der Waals surface area contributed by atoms with E-state index < -0.39 is 11.7 Å². The van der Waals surface area contributed by atoms with Crippen molar-refractivity contribution in [2.24, 2.45) is 0 Å². The van der Waals surface area contributed by atoms with E-state index in [1.807, 2.05) is 0 Å². The van der Waals surface area contributed by atoms with Gasteiger partial charge in [0.15, 0.2) is 0 Å². The molecule has 1 aromatic heterocycles. The van der Waals surface area contributed by atoms with Gasteiger partial charge in [0.1, 0.15) is 0 Å². The summed E-state index contributed by atoms with van der Waals surface area (Å²) in [5.41, 5.74) is 5.92. The minimum absolute atomic E-state index is 0.275. The lowest BCUT2D eigenvalue weighted by Crippen LogP contribution is -2.05. The van der Waals surface area contributed by atoms with E-state index in [9.17, 15) is 13.2 Å². The first-order valence-corrected chi connectivity index (χ1v) is 4.86. The molecule has 0 unspecified atom stereocenters. The van der Waals surface area contributed by atoms with Crippen molar-refractivity contribution in [1.82, 2.24) is 4.98 Å². The van der Waals surface area contributed by atoms with Crippen LogP contribution in [0.15, 0.2) is 42.6 Å². The summed E-state index contributed by atoms with van der Waals surface area (Å²) in [6.45, 7) is 0. The first-order chi connectivity index (χ1) is 7.98. The molecule has 1 heterocycles. The van der Waals surface area contributed by atoms with Gasteiger partial charge < -0.3 is 5.73 Å². The fourth-order valence-electron chi connectivity index (χ4n) is 1.48. The van der Waals surface area contributed by atoms with E-state index in [-0.39, 0.29) is 5.69 Å². The highest BCUT2D eigenvalue weighted by Crippen LogP contribution is 2.34. The minimum Gasteiger partial charge on any atom is -0.398 e. The van der Waals surface area contributed by atoms with Crippen LogP contribution in [0.3, 0.4) is 0 Å². The van der Waals surface area contributed by atoms with E-state index in [1.54, 1.807) is 18.2 Å². The van der Waals surface area contributed by atoms with Gasteiger partial charge in [0, 0.05) is 17.4 Å². The third-order valence-corrected chi connectivity index (χ3v) is 2.32. The molecule has 0 aliphatic rings. The quantitative estimate of drug-likeness (QED) is 0.774. The average molecular weight is 238 g/mol. The molecule has 0 fully saturated rings. The number of rotatable bonds is 1. The predicted molar refractivity (Wildman–Crippen MR) is 59.1 cm³/mol. The molecule has 0 radical (unpaired) electrons. The maximum Gasteiger partial charge on any atom is 0.416 e. The minimum atomic E-state index is -4.38. The second kappa shape index (κ2) is 4.08. The van der Waals surface area contributed by atoms with Crippen LogP contribution in [0.4, 0.5) is 18.9 Å². The lowest BCUT2D eigenvalue weighted by atomic mass is 10.1. The molecule has 2 aromatic rings. The molecule has 5 heteroatoms. The number of nitrogen functional groups attached to an aromatic ring is 1. The number of pyridine rings is 1. The van der Waals surface area contributed by atoms with Gasteiger partial charge in [-0.05, 0) is 30.3 Å². The zero-order valence-corrected chi connectivity index (χ0v) is 8.70. The van der Waals surface area contributed by atoms with Crippen molar-refractivity contribution in [2.75, 3.05) is 5.73 Å². The summed E-state index contributed by atoms with van der Waals surface area (Å²) in [6, 6.07) is 8.22. The van der Waals surface area contributed by atoms with Gasteiger partial charge in [0.2, 0.25) is 0 Å². The zero-order chi connectivity index (χ0) is 12.5. The van der Waals surface area contributed by atoms with E-state index in [1.165, 1.54) is 12.3 Å². The fraction of sp³-hybridized carbons (Fsp3) is 0.0833. The number of nitrogens with zero attached hydrogens (tertiary/aromatic N) is 1. The standard InChI is InChI=1S/C12H9F3N2/c13-12(14,15)8-4-5-10(16)9(7-8)11-3-1-2-6-17-11/h1-7H,16H2. The molecule has 0 saturated heterocycles. The fourth-order valence-corrected chi connectivity index (χ4v) is 1.48. The molecule has 0 saturated carbocycles. The van der Waals surface area contributed by atoms with Crippen molar-refractivity contribution in [3.63, 3.8) is 0 Å². The molecule has 1 aromatic carbocycles. The van der Waals surface area contributed by atoms with Gasteiger partial charge in [-0.2, -0.15) is 13.2 Å². The van der Waals surface area contributed by atoms with Crippen LogP contribution >= 0.6 is 0 Å². The van der Waals surface area contributed by atoms with Gasteiger partial charge in [-0.25, -0.2) is 0 Å². The van der Waals surface area contributed by atoms with E-state index in [0.717, 1.165) is 12.1 Å². The molecule has 17 heavy (non-hydrogen) atoms. The van der Waals surface area contributed by atoms with E-state index in [2.05, 4.69) is 4.98 Å². The van der Waals surface area contributed by atoms with E-state index >= 15 is 0 Å². The monoisotopic (exact) mass is 238 g/mol. The Bertz CT molecular complexity index is 521. The molecule has 0 bridgehead atoms. The summed E-state index contributed by atoms with van der Waals surface area (Å²) in [5, 5.41) is 0. The van der Waals surface area contributed by atoms with E-state index in [0.29, 0.717) is 11.3 Å². The van der Waals surface area contributed by atoms with Crippen LogP contribution in [-0.2, 0) is 6.18 Å². The van der Waals surface area contributed by atoms with Crippen LogP contribution in [0.25, 0.3) is 11.3 Å². The number of nitrogens with two attached hydrogens (primary N) is 1. The van der Waals surface area contributed by atoms with Crippen molar-refractivity contribution in [3.8, 4) is 11.3 Å². The summed E-state index contributed by atoms with van der Waals surface area (Å²) in [4.78, 5) is 3.99. The average Bonchev–Trinajstić information content (AvgIpc) is 2.29. The van der Waals surface area contributed by atoms with Gasteiger partial charge in [0.05, 0.1) is 11.3 Å². The summed E-state index contributed by atoms with van der Waals surface area (Å²) in [6.07, 6.45) is -2.87. The first kappa shape index (κ1) is 11.4. The molecule has 0 amide bonds. The van der Waals surface area contributed by atoms with Crippen LogP contribution in [0.5, 0.6) is 0 Å². The van der Waals surface area contributed by atoms with Gasteiger partial charge in [0.25, 0.3) is 0 Å². The van der Waals surface area contributed by atoms with Gasteiger partial charge in [-0.1, -0.05) is 6.07 Å². The molecule has 2 nitrogen and oxygen atoms in total. The molecular formula is C12H9F3N2. The highest BCUT2D eigenvalue weighted by Gasteiger charge is 2.31. The van der Waals surface area contributed by atoms with E-state index in [4.69, 9.17) is 5.73 Å². The number of benzene rings is 1. The van der Waals surface area contributed by atoms with Crippen molar-refractivity contribution in [2.45, 2.75) is 6.18 Å². The molecular weight excluding hydrogens is 229 g/mol. The lowest BCUT2D eigenvalue weighted by molar-refractivity contribution is -0.137. The summed E-state index contributed by atoms with van der Waals surface area (Å²) in [7, 11) is 0. The van der Waals surface area contributed by atoms with Crippen LogP contribution in [0.1, 0.15) is 5.56 Å². The van der Waals surface area contributed by atoms with Crippen LogP contribution in [0.2, 0.25) is 0 Å². The Hall–Kier alpha value is -2.04. The Morgan fingerprint density at radius 2 is 1.82 bits per heavy atom. The molecule has 2 N–H and O–H groups in total. The Kier molecular flexibility index (Phi) is 2.75.